The molecule has 0 spiro atoms. The Labute approximate surface area is 114 Å². The highest BCUT2D eigenvalue weighted by Crippen LogP contribution is 2.26. The van der Waals surface area contributed by atoms with E-state index in [1.807, 2.05) is 18.2 Å². The van der Waals surface area contributed by atoms with E-state index >= 15 is 0 Å². The lowest BCUT2D eigenvalue weighted by atomic mass is 10.1. The summed E-state index contributed by atoms with van der Waals surface area (Å²) in [7, 11) is 0. The van der Waals surface area contributed by atoms with Crippen molar-refractivity contribution < 1.29 is 9.90 Å². The fraction of sp³-hybridized carbons (Fsp3) is 0.250. The molecular formula is C12H11ClN4O2. The molecule has 0 radical (unpaired) electrons. The van der Waals surface area contributed by atoms with E-state index in [9.17, 15) is 4.79 Å². The van der Waals surface area contributed by atoms with Crippen LogP contribution in [0.1, 0.15) is 27.3 Å². The summed E-state index contributed by atoms with van der Waals surface area (Å²) < 4.78 is 0. The lowest BCUT2D eigenvalue weighted by Crippen LogP contribution is -2.18. The van der Waals surface area contributed by atoms with E-state index in [4.69, 9.17) is 16.7 Å². The number of nitrogens with zero attached hydrogens (tertiary/aromatic N) is 3. The van der Waals surface area contributed by atoms with E-state index in [1.165, 1.54) is 11.1 Å². The summed E-state index contributed by atoms with van der Waals surface area (Å²) in [4.78, 5) is 13.1. The number of carboxylic acid groups (broad SMARTS) is 1. The number of halogens is 1. The van der Waals surface area contributed by atoms with Gasteiger partial charge >= 0.3 is 5.97 Å². The van der Waals surface area contributed by atoms with Crippen molar-refractivity contribution >= 4 is 17.6 Å². The zero-order chi connectivity index (χ0) is 13.4. The first-order chi connectivity index (χ1) is 9.13. The van der Waals surface area contributed by atoms with Gasteiger partial charge in [0.1, 0.15) is 5.69 Å². The molecule has 1 aromatic carbocycles. The van der Waals surface area contributed by atoms with Gasteiger partial charge in [0.15, 0.2) is 5.69 Å². The Morgan fingerprint density at radius 1 is 1.37 bits per heavy atom. The van der Waals surface area contributed by atoms with Crippen molar-refractivity contribution in [1.29, 1.82) is 0 Å². The second-order valence-electron chi connectivity index (χ2n) is 4.48. The van der Waals surface area contributed by atoms with Crippen molar-refractivity contribution in [1.82, 2.24) is 20.3 Å². The lowest BCUT2D eigenvalue weighted by molar-refractivity contribution is 0.0688. The molecule has 19 heavy (non-hydrogen) atoms. The van der Waals surface area contributed by atoms with Crippen molar-refractivity contribution in [2.75, 3.05) is 0 Å². The summed E-state index contributed by atoms with van der Waals surface area (Å²) in [6, 6.07) is 5.80. The van der Waals surface area contributed by atoms with E-state index < -0.39 is 5.97 Å². The van der Waals surface area contributed by atoms with Crippen molar-refractivity contribution in [3.05, 3.63) is 45.7 Å². The van der Waals surface area contributed by atoms with Gasteiger partial charge in [-0.2, -0.15) is 10.3 Å². The third-order valence-corrected chi connectivity index (χ3v) is 3.39. The van der Waals surface area contributed by atoms with Crippen LogP contribution in [0.5, 0.6) is 0 Å². The predicted molar refractivity (Wildman–Crippen MR) is 67.7 cm³/mol. The number of aromatic carboxylic acids is 1. The number of hydrogen-bond acceptors (Lipinski definition) is 4. The summed E-state index contributed by atoms with van der Waals surface area (Å²) in [6.07, 6.45) is 0. The highest BCUT2D eigenvalue weighted by Gasteiger charge is 2.23. The van der Waals surface area contributed by atoms with Gasteiger partial charge in [-0.05, 0) is 23.3 Å². The summed E-state index contributed by atoms with van der Waals surface area (Å²) >= 11 is 5.96. The predicted octanol–water partition coefficient (Wildman–Crippen LogP) is 1.67. The minimum atomic E-state index is -1.07. The van der Waals surface area contributed by atoms with Gasteiger partial charge in [-0.15, -0.1) is 5.10 Å². The SMILES string of the molecule is O=C(O)c1n[nH]nc1CN1Cc2ccc(Cl)cc2C1. The molecule has 1 aliphatic heterocycles. The first-order valence-electron chi connectivity index (χ1n) is 5.76. The van der Waals surface area contributed by atoms with Crippen LogP contribution in [0.3, 0.4) is 0 Å². The van der Waals surface area contributed by atoms with Gasteiger partial charge in [0.25, 0.3) is 0 Å². The molecule has 0 bridgehead atoms. The summed E-state index contributed by atoms with van der Waals surface area (Å²) in [6.45, 7) is 1.95. The quantitative estimate of drug-likeness (QED) is 0.892. The number of benzene rings is 1. The van der Waals surface area contributed by atoms with Gasteiger partial charge in [0.05, 0.1) is 0 Å². The van der Waals surface area contributed by atoms with Crippen LogP contribution in [-0.4, -0.2) is 31.4 Å². The molecule has 6 nitrogen and oxygen atoms in total. The zero-order valence-electron chi connectivity index (χ0n) is 9.93. The molecule has 0 fully saturated rings. The van der Waals surface area contributed by atoms with Crippen molar-refractivity contribution in [3.8, 4) is 0 Å². The number of carbonyl (C=O) groups is 1. The largest absolute Gasteiger partial charge is 0.476 e. The fourth-order valence-corrected chi connectivity index (χ4v) is 2.49. The molecule has 0 amide bonds. The molecule has 1 aromatic heterocycles. The van der Waals surface area contributed by atoms with Crippen molar-refractivity contribution in [2.45, 2.75) is 19.6 Å². The summed E-state index contributed by atoms with van der Waals surface area (Å²) in [5.74, 6) is -1.07. The number of fused-ring (bicyclic) bond motifs is 1. The number of carboxylic acids is 1. The third kappa shape index (κ3) is 2.32. The van der Waals surface area contributed by atoms with Gasteiger partial charge in [-0.1, -0.05) is 17.7 Å². The molecule has 2 heterocycles. The van der Waals surface area contributed by atoms with Crippen LogP contribution >= 0.6 is 11.6 Å². The average Bonchev–Trinajstić information content (AvgIpc) is 2.95. The molecule has 2 aromatic rings. The van der Waals surface area contributed by atoms with Gasteiger partial charge < -0.3 is 5.11 Å². The normalized spacial score (nSPS) is 14.6. The molecular weight excluding hydrogens is 268 g/mol. The Bertz CT molecular complexity index is 640. The minimum absolute atomic E-state index is 0.0195. The maximum atomic E-state index is 11.0. The fourth-order valence-electron chi connectivity index (χ4n) is 2.29. The molecule has 0 unspecified atom stereocenters. The maximum Gasteiger partial charge on any atom is 0.358 e. The molecule has 0 aliphatic carbocycles. The molecule has 3 rings (SSSR count). The van der Waals surface area contributed by atoms with E-state index in [0.29, 0.717) is 17.3 Å². The Balaban J connectivity index is 1.77. The first kappa shape index (κ1) is 12.1. The smallest absolute Gasteiger partial charge is 0.358 e. The number of nitrogens with one attached hydrogen (secondary N) is 1. The van der Waals surface area contributed by atoms with Crippen LogP contribution in [0, 0.1) is 0 Å². The van der Waals surface area contributed by atoms with E-state index in [-0.39, 0.29) is 5.69 Å². The molecule has 2 N–H and O–H groups in total. The summed E-state index contributed by atoms with van der Waals surface area (Å²) in [5.41, 5.74) is 2.82. The molecule has 0 saturated heterocycles. The lowest BCUT2D eigenvalue weighted by Gasteiger charge is -2.12. The van der Waals surface area contributed by atoms with Crippen molar-refractivity contribution in [2.24, 2.45) is 0 Å². The van der Waals surface area contributed by atoms with Crippen LogP contribution in [0.2, 0.25) is 5.02 Å². The molecule has 7 heteroatoms. The number of rotatable bonds is 3. The highest BCUT2D eigenvalue weighted by atomic mass is 35.5. The Hall–Kier alpha value is -1.92. The van der Waals surface area contributed by atoms with Crippen LogP contribution in [-0.2, 0) is 19.6 Å². The van der Waals surface area contributed by atoms with Crippen molar-refractivity contribution in [3.63, 3.8) is 0 Å². The number of aromatic nitrogens is 3. The molecule has 0 saturated carbocycles. The van der Waals surface area contributed by atoms with Crippen LogP contribution in [0.25, 0.3) is 0 Å². The molecule has 0 atom stereocenters. The second kappa shape index (κ2) is 4.64. The van der Waals surface area contributed by atoms with Gasteiger partial charge in [0, 0.05) is 24.7 Å². The minimum Gasteiger partial charge on any atom is -0.476 e. The zero-order valence-corrected chi connectivity index (χ0v) is 10.7. The number of aromatic amines is 1. The monoisotopic (exact) mass is 278 g/mol. The van der Waals surface area contributed by atoms with Gasteiger partial charge in [-0.25, -0.2) is 4.79 Å². The highest BCUT2D eigenvalue weighted by molar-refractivity contribution is 6.30. The average molecular weight is 279 g/mol. The Morgan fingerprint density at radius 2 is 2.16 bits per heavy atom. The summed E-state index contributed by atoms with van der Waals surface area (Å²) in [5, 5.41) is 19.6. The first-order valence-corrected chi connectivity index (χ1v) is 6.14. The number of H-pyrrole nitrogens is 1. The topological polar surface area (TPSA) is 82.1 Å². The Morgan fingerprint density at radius 3 is 2.95 bits per heavy atom. The van der Waals surface area contributed by atoms with Crippen LogP contribution in [0.15, 0.2) is 18.2 Å². The Kier molecular flexibility index (Phi) is 2.96. The van der Waals surface area contributed by atoms with E-state index in [0.717, 1.165) is 13.1 Å². The second-order valence-corrected chi connectivity index (χ2v) is 4.92. The third-order valence-electron chi connectivity index (χ3n) is 3.15. The molecule has 98 valence electrons. The van der Waals surface area contributed by atoms with Gasteiger partial charge in [-0.3, -0.25) is 4.90 Å². The van der Waals surface area contributed by atoms with Crippen LogP contribution in [0.4, 0.5) is 0 Å². The molecule has 1 aliphatic rings. The standard InChI is InChI=1S/C12H11ClN4O2/c13-9-2-1-7-4-17(5-8(7)3-9)6-10-11(12(18)19)15-16-14-10/h1-3H,4-6H2,(H,18,19)(H,14,15,16). The van der Waals surface area contributed by atoms with E-state index in [2.05, 4.69) is 20.3 Å². The maximum absolute atomic E-state index is 11.0. The number of hydrogen-bond donors (Lipinski definition) is 2. The van der Waals surface area contributed by atoms with Crippen LogP contribution < -0.4 is 0 Å². The van der Waals surface area contributed by atoms with Gasteiger partial charge in [0.2, 0.25) is 0 Å². The van der Waals surface area contributed by atoms with E-state index in [1.54, 1.807) is 0 Å².